The molecule has 0 spiro atoms. The van der Waals surface area contributed by atoms with Gasteiger partial charge in [0.15, 0.2) is 11.6 Å². The maximum absolute atomic E-state index is 13.7. The highest BCUT2D eigenvalue weighted by atomic mass is 32.2. The van der Waals surface area contributed by atoms with Crippen LogP contribution in [0.15, 0.2) is 24.3 Å². The molecule has 12 nitrogen and oxygen atoms in total. The normalized spacial score (nSPS) is 19.9. The van der Waals surface area contributed by atoms with Crippen molar-refractivity contribution in [3.8, 4) is 0 Å². The van der Waals surface area contributed by atoms with Crippen molar-refractivity contribution in [3.63, 3.8) is 0 Å². The molecule has 1 aromatic carbocycles. The maximum Gasteiger partial charge on any atom is 0.328 e. The zero-order chi connectivity index (χ0) is 31.9. The molecule has 0 saturated carbocycles. The van der Waals surface area contributed by atoms with Gasteiger partial charge in [0.1, 0.15) is 15.9 Å². The van der Waals surface area contributed by atoms with Gasteiger partial charge in [-0.25, -0.2) is 13.2 Å². The Hall–Kier alpha value is -3.87. The molecule has 1 heterocycles. The van der Waals surface area contributed by atoms with Crippen LogP contribution in [0.2, 0.25) is 0 Å². The van der Waals surface area contributed by atoms with Gasteiger partial charge >= 0.3 is 5.97 Å². The molecule has 2 aromatic rings. The van der Waals surface area contributed by atoms with E-state index >= 15 is 0 Å². The van der Waals surface area contributed by atoms with E-state index in [-0.39, 0.29) is 56.2 Å². The number of hydrogen-bond acceptors (Lipinski definition) is 9. The molecular weight excluding hydrogens is 576 g/mol. The number of para-hydroxylation sites is 1. The fourth-order valence-corrected chi connectivity index (χ4v) is 6.35. The minimum Gasteiger partial charge on any atom is -0.464 e. The molecule has 5 atom stereocenters. The van der Waals surface area contributed by atoms with Crippen LogP contribution < -0.4 is 10.6 Å². The molecule has 3 unspecified atom stereocenters. The Balaban J connectivity index is 2.01. The van der Waals surface area contributed by atoms with E-state index < -0.39 is 57.3 Å². The van der Waals surface area contributed by atoms with Gasteiger partial charge in [0.05, 0.1) is 24.6 Å². The van der Waals surface area contributed by atoms with Crippen molar-refractivity contribution in [2.45, 2.75) is 70.9 Å². The van der Waals surface area contributed by atoms with Gasteiger partial charge in [-0.3, -0.25) is 19.2 Å². The molecule has 3 rings (SSSR count). The van der Waals surface area contributed by atoms with Crippen LogP contribution >= 0.6 is 0 Å². The molecule has 1 aliphatic carbocycles. The number of ether oxygens (including phenoxy) is 1. The van der Waals surface area contributed by atoms with E-state index in [4.69, 9.17) is 10.1 Å². The van der Waals surface area contributed by atoms with Crippen LogP contribution in [0.5, 0.6) is 0 Å². The van der Waals surface area contributed by atoms with Crippen molar-refractivity contribution in [1.29, 1.82) is 5.41 Å². The summed E-state index contributed by atoms with van der Waals surface area (Å²) in [7, 11) is -3.45. The average Bonchev–Trinajstić information content (AvgIpc) is 3.27. The van der Waals surface area contributed by atoms with Crippen LogP contribution in [0.4, 0.5) is 0 Å². The van der Waals surface area contributed by atoms with Gasteiger partial charge in [-0.1, -0.05) is 25.1 Å². The summed E-state index contributed by atoms with van der Waals surface area (Å²) in [6.07, 6.45) is 1.80. The van der Waals surface area contributed by atoms with E-state index in [2.05, 4.69) is 15.6 Å². The van der Waals surface area contributed by atoms with Crippen LogP contribution in [0.25, 0.3) is 10.9 Å². The number of ketones is 2. The third kappa shape index (κ3) is 8.82. The van der Waals surface area contributed by atoms with E-state index in [0.29, 0.717) is 6.21 Å². The predicted octanol–water partition coefficient (Wildman–Crippen LogP) is 2.01. The van der Waals surface area contributed by atoms with Gasteiger partial charge in [-0.15, -0.1) is 0 Å². The highest BCUT2D eigenvalue weighted by Crippen LogP contribution is 2.41. The number of carbonyl (C=O) groups is 5. The number of sulfone groups is 1. The summed E-state index contributed by atoms with van der Waals surface area (Å²) in [6, 6.07) is 5.57. The molecule has 43 heavy (non-hydrogen) atoms. The van der Waals surface area contributed by atoms with Crippen molar-refractivity contribution in [2.24, 2.45) is 11.8 Å². The Labute approximate surface area is 251 Å². The Morgan fingerprint density at radius 3 is 2.51 bits per heavy atom. The summed E-state index contributed by atoms with van der Waals surface area (Å²) in [5.74, 6) is -4.78. The molecule has 1 aliphatic rings. The van der Waals surface area contributed by atoms with E-state index in [1.807, 2.05) is 24.3 Å². The van der Waals surface area contributed by atoms with Crippen molar-refractivity contribution >= 4 is 56.3 Å². The molecule has 0 aliphatic heterocycles. The van der Waals surface area contributed by atoms with Gasteiger partial charge in [-0.2, -0.15) is 0 Å². The second kappa shape index (κ2) is 14.5. The highest BCUT2D eigenvalue weighted by Gasteiger charge is 2.40. The van der Waals surface area contributed by atoms with Gasteiger partial charge in [0.2, 0.25) is 11.8 Å². The number of aromatic amines is 1. The van der Waals surface area contributed by atoms with E-state index in [9.17, 15) is 32.4 Å². The van der Waals surface area contributed by atoms with E-state index in [1.54, 1.807) is 13.8 Å². The highest BCUT2D eigenvalue weighted by molar-refractivity contribution is 7.90. The summed E-state index contributed by atoms with van der Waals surface area (Å²) >= 11 is 0. The van der Waals surface area contributed by atoms with Crippen molar-refractivity contribution < 1.29 is 37.1 Å². The molecule has 2 amide bonds. The van der Waals surface area contributed by atoms with Gasteiger partial charge in [0.25, 0.3) is 0 Å². The molecule has 13 heteroatoms. The molecule has 4 N–H and O–H groups in total. The summed E-state index contributed by atoms with van der Waals surface area (Å²) in [5.41, 5.74) is 2.44. The zero-order valence-corrected chi connectivity index (χ0v) is 25.7. The van der Waals surface area contributed by atoms with Crippen LogP contribution in [0, 0.1) is 17.2 Å². The van der Waals surface area contributed by atoms with E-state index in [0.717, 1.165) is 28.4 Å². The molecule has 0 saturated heterocycles. The number of fused-ring (bicyclic) bond motifs is 3. The first kappa shape index (κ1) is 33.6. The fourth-order valence-electron chi connectivity index (χ4n) is 5.68. The summed E-state index contributed by atoms with van der Waals surface area (Å²) in [5, 5.41) is 13.6. The zero-order valence-electron chi connectivity index (χ0n) is 24.9. The van der Waals surface area contributed by atoms with Crippen molar-refractivity contribution in [1.82, 2.24) is 15.6 Å². The Morgan fingerprint density at radius 2 is 1.88 bits per heavy atom. The topological polar surface area (TPSA) is 192 Å². The second-order valence-corrected chi connectivity index (χ2v) is 13.4. The lowest BCUT2D eigenvalue weighted by Crippen LogP contribution is -2.46. The number of benzene rings is 1. The quantitative estimate of drug-likeness (QED) is 0.141. The number of esters is 1. The van der Waals surface area contributed by atoms with Gasteiger partial charge in [-0.05, 0) is 37.8 Å². The number of aromatic nitrogens is 1. The summed E-state index contributed by atoms with van der Waals surface area (Å²) in [4.78, 5) is 67.5. The third-order valence-electron chi connectivity index (χ3n) is 7.87. The second-order valence-electron chi connectivity index (χ2n) is 11.1. The number of nitrogens with one attached hydrogen (secondary N) is 4. The van der Waals surface area contributed by atoms with Crippen molar-refractivity contribution in [3.05, 3.63) is 35.5 Å². The molecule has 0 bridgehead atoms. The number of carbonyl (C=O) groups excluding carboxylic acids is 5. The summed E-state index contributed by atoms with van der Waals surface area (Å²) < 4.78 is 28.7. The molecule has 1 aromatic heterocycles. The average molecular weight is 617 g/mol. The fraction of sp³-hybridized carbons (Fsp3) is 0.533. The number of hydrogen-bond donors (Lipinski definition) is 4. The van der Waals surface area contributed by atoms with Crippen LogP contribution in [-0.4, -0.2) is 79.7 Å². The largest absolute Gasteiger partial charge is 0.464 e. The van der Waals surface area contributed by atoms with Gasteiger partial charge < -0.3 is 25.8 Å². The number of amides is 2. The number of H-pyrrole nitrogens is 1. The smallest absolute Gasteiger partial charge is 0.328 e. The lowest BCUT2D eigenvalue weighted by molar-refractivity contribution is -0.148. The number of rotatable bonds is 14. The first-order chi connectivity index (χ1) is 20.2. The molecule has 0 fully saturated rings. The third-order valence-corrected chi connectivity index (χ3v) is 8.85. The molecule has 234 valence electrons. The van der Waals surface area contributed by atoms with Crippen molar-refractivity contribution in [2.75, 3.05) is 18.6 Å². The minimum atomic E-state index is -3.45. The first-order valence-electron chi connectivity index (χ1n) is 14.3. The lowest BCUT2D eigenvalue weighted by Gasteiger charge is -2.28. The predicted molar refractivity (Wildman–Crippen MR) is 161 cm³/mol. The van der Waals surface area contributed by atoms with Crippen LogP contribution in [-0.2, 0) is 45.0 Å². The van der Waals surface area contributed by atoms with Crippen LogP contribution in [0.3, 0.4) is 0 Å². The number of Topliss-reactive ketones (excluding diaryl/α,β-unsaturated/α-hetero) is 2. The monoisotopic (exact) mass is 616 g/mol. The Morgan fingerprint density at radius 1 is 1.19 bits per heavy atom. The SMILES string of the molecule is CCOC(=O)C(CCS(C)(=O)=O)NC(=O)[C@H](CCC(=O)C=N)CC1c2[nH]c3ccccc3c2C[C@H](NC(C)=O)C(=O)C1C. The van der Waals surface area contributed by atoms with E-state index in [1.165, 1.54) is 6.92 Å². The molecule has 0 radical (unpaired) electrons. The first-order valence-corrected chi connectivity index (χ1v) is 16.4. The summed E-state index contributed by atoms with van der Waals surface area (Å²) in [6.45, 7) is 4.71. The minimum absolute atomic E-state index is 0.0294. The Bertz CT molecular complexity index is 1500. The Kier molecular flexibility index (Phi) is 11.4. The van der Waals surface area contributed by atoms with Gasteiger partial charge in [0, 0.05) is 60.4 Å². The standard InChI is InChI=1S/C30H40N4O8S/c1-5-42-30(39)25(12-13-43(4,40)41)34-29(38)19(10-11-20(36)16-31)14-22-17(2)28(37)26(32-18(3)35)15-23-21-8-6-7-9-24(21)33-27(22)23/h6-9,16-17,19,22,25-26,31,33H,5,10-15H2,1-4H3,(H,32,35)(H,34,38)/t17?,19-,22?,25?,26+/m1/s1. The molecular formula is C30H40N4O8S. The van der Waals surface area contributed by atoms with Crippen LogP contribution in [0.1, 0.15) is 63.6 Å². The lowest BCUT2D eigenvalue weighted by atomic mass is 9.79. The maximum atomic E-state index is 13.7.